The zero-order valence-corrected chi connectivity index (χ0v) is 14.4. The molecule has 0 spiro atoms. The van der Waals surface area contributed by atoms with Crippen molar-refractivity contribution < 1.29 is 9.18 Å². The molecule has 0 aromatic heterocycles. The first-order chi connectivity index (χ1) is 12.1. The van der Waals surface area contributed by atoms with Crippen molar-refractivity contribution in [1.29, 1.82) is 0 Å². The summed E-state index contributed by atoms with van der Waals surface area (Å²) >= 11 is 1.57. The molecule has 0 aliphatic carbocycles. The maximum Gasteiger partial charge on any atom is 0.164 e. The van der Waals surface area contributed by atoms with Gasteiger partial charge in [-0.05, 0) is 42.0 Å². The van der Waals surface area contributed by atoms with Gasteiger partial charge in [-0.2, -0.15) is 0 Å². The van der Waals surface area contributed by atoms with Crippen LogP contribution in [0, 0.1) is 5.82 Å². The quantitative estimate of drug-likeness (QED) is 0.361. The highest BCUT2D eigenvalue weighted by Gasteiger charge is 2.19. The monoisotopic (exact) mass is 351 g/mol. The fraction of sp³-hybridized carbons (Fsp3) is 0.0952. The van der Waals surface area contributed by atoms with E-state index >= 15 is 0 Å². The zero-order valence-electron chi connectivity index (χ0n) is 13.6. The van der Waals surface area contributed by atoms with E-state index in [1.165, 1.54) is 24.3 Å². The molecule has 0 bridgehead atoms. The van der Waals surface area contributed by atoms with Gasteiger partial charge in [0.05, 0.1) is 0 Å². The first-order valence-electron chi connectivity index (χ1n) is 7.98. The Kier molecular flexibility index (Phi) is 5.51. The smallest absolute Gasteiger partial charge is 0.164 e. The van der Waals surface area contributed by atoms with Crippen LogP contribution in [0.1, 0.15) is 27.6 Å². The van der Waals surface area contributed by atoms with Gasteiger partial charge >= 0.3 is 0 Å². The Morgan fingerprint density at radius 3 is 2.24 bits per heavy atom. The van der Waals surface area contributed by atoms with Crippen molar-refractivity contribution in [2.75, 3.05) is 5.73 Å². The molecular formula is C21H18FNOS. The molecule has 3 aromatic carbocycles. The van der Waals surface area contributed by atoms with E-state index in [1.807, 2.05) is 54.6 Å². The lowest BCUT2D eigenvalue weighted by atomic mass is 10.0. The Morgan fingerprint density at radius 2 is 1.56 bits per heavy atom. The molecule has 1 atom stereocenters. The summed E-state index contributed by atoms with van der Waals surface area (Å²) < 4.78 is 13.1. The van der Waals surface area contributed by atoms with Gasteiger partial charge in [-0.15, -0.1) is 11.8 Å². The van der Waals surface area contributed by atoms with Gasteiger partial charge in [0.2, 0.25) is 0 Å². The zero-order chi connectivity index (χ0) is 17.6. The number of hydrogen-bond acceptors (Lipinski definition) is 3. The van der Waals surface area contributed by atoms with Crippen molar-refractivity contribution in [3.63, 3.8) is 0 Å². The number of carbonyl (C=O) groups excluding carboxylic acids is 1. The number of anilines is 1. The third kappa shape index (κ3) is 4.48. The second-order valence-corrected chi connectivity index (χ2v) is 6.93. The van der Waals surface area contributed by atoms with Crippen LogP contribution in [0.4, 0.5) is 10.1 Å². The van der Waals surface area contributed by atoms with Gasteiger partial charge in [-0.3, -0.25) is 4.79 Å². The van der Waals surface area contributed by atoms with Crippen LogP contribution in [0.25, 0.3) is 0 Å². The van der Waals surface area contributed by atoms with Crippen LogP contribution in [0.15, 0.2) is 83.8 Å². The number of halogens is 1. The van der Waals surface area contributed by atoms with E-state index in [2.05, 4.69) is 0 Å². The molecule has 0 aliphatic rings. The van der Waals surface area contributed by atoms with Gasteiger partial charge < -0.3 is 5.73 Å². The molecule has 2 N–H and O–H groups in total. The Balaban J connectivity index is 1.85. The minimum Gasteiger partial charge on any atom is -0.398 e. The van der Waals surface area contributed by atoms with Crippen LogP contribution in [0.5, 0.6) is 0 Å². The summed E-state index contributed by atoms with van der Waals surface area (Å²) in [5.41, 5.74) is 8.33. The van der Waals surface area contributed by atoms with Gasteiger partial charge in [0.15, 0.2) is 5.78 Å². The van der Waals surface area contributed by atoms with E-state index in [0.717, 1.165) is 10.5 Å². The van der Waals surface area contributed by atoms with E-state index < -0.39 is 0 Å². The van der Waals surface area contributed by atoms with Crippen LogP contribution in [-0.2, 0) is 0 Å². The van der Waals surface area contributed by atoms with Crippen molar-refractivity contribution in [2.24, 2.45) is 0 Å². The molecule has 4 heteroatoms. The number of hydrogen-bond donors (Lipinski definition) is 1. The second kappa shape index (κ2) is 7.99. The fourth-order valence-electron chi connectivity index (χ4n) is 2.56. The molecule has 25 heavy (non-hydrogen) atoms. The lowest BCUT2D eigenvalue weighted by Crippen LogP contribution is -2.06. The molecule has 0 heterocycles. The normalized spacial score (nSPS) is 11.9. The topological polar surface area (TPSA) is 43.1 Å². The van der Waals surface area contributed by atoms with Crippen molar-refractivity contribution in [2.45, 2.75) is 16.6 Å². The number of rotatable bonds is 6. The summed E-state index contributed by atoms with van der Waals surface area (Å²) in [4.78, 5) is 13.6. The molecule has 0 fully saturated rings. The average Bonchev–Trinajstić information content (AvgIpc) is 2.64. The summed E-state index contributed by atoms with van der Waals surface area (Å²) in [6, 6.07) is 23.2. The minimum atomic E-state index is -0.345. The van der Waals surface area contributed by atoms with Gasteiger partial charge in [-0.1, -0.05) is 42.5 Å². The van der Waals surface area contributed by atoms with Crippen LogP contribution < -0.4 is 5.73 Å². The van der Waals surface area contributed by atoms with E-state index in [1.54, 1.807) is 11.8 Å². The van der Waals surface area contributed by atoms with Crippen molar-refractivity contribution in [1.82, 2.24) is 0 Å². The van der Waals surface area contributed by atoms with Gasteiger partial charge in [-0.25, -0.2) is 4.39 Å². The summed E-state index contributed by atoms with van der Waals surface area (Å²) in [5, 5.41) is -0.0662. The lowest BCUT2D eigenvalue weighted by molar-refractivity contribution is 0.0982. The van der Waals surface area contributed by atoms with Crippen molar-refractivity contribution >= 4 is 23.2 Å². The first kappa shape index (κ1) is 17.2. The third-order valence-corrected chi connectivity index (χ3v) is 5.25. The van der Waals surface area contributed by atoms with Crippen LogP contribution in [0.2, 0.25) is 0 Å². The standard InChI is InChI=1S/C21H18FNOS/c22-17-12-10-15(11-13-17)19(24)14-21(16-6-2-1-3-7-16)25-20-9-5-4-8-18(20)23/h1-13,21H,14,23H2/t21-/m1/s1. The number of para-hydroxylation sites is 1. The number of nitrogen functional groups attached to an aromatic ring is 1. The Morgan fingerprint density at radius 1 is 0.920 bits per heavy atom. The third-order valence-electron chi connectivity index (χ3n) is 3.90. The molecule has 0 unspecified atom stereocenters. The molecule has 0 saturated heterocycles. The molecule has 3 aromatic rings. The molecule has 0 radical (unpaired) electrons. The largest absolute Gasteiger partial charge is 0.398 e. The number of thioether (sulfide) groups is 1. The predicted molar refractivity (Wildman–Crippen MR) is 101 cm³/mol. The van der Waals surface area contributed by atoms with E-state index in [9.17, 15) is 9.18 Å². The molecular weight excluding hydrogens is 333 g/mol. The number of carbonyl (C=O) groups is 1. The highest BCUT2D eigenvalue weighted by molar-refractivity contribution is 7.99. The molecule has 0 saturated carbocycles. The molecule has 126 valence electrons. The number of nitrogens with two attached hydrogens (primary N) is 1. The summed E-state index contributed by atoms with van der Waals surface area (Å²) in [6.45, 7) is 0. The lowest BCUT2D eigenvalue weighted by Gasteiger charge is -2.17. The number of benzene rings is 3. The molecule has 2 nitrogen and oxygen atoms in total. The van der Waals surface area contributed by atoms with Crippen LogP contribution in [-0.4, -0.2) is 5.78 Å². The second-order valence-electron chi connectivity index (χ2n) is 5.69. The predicted octanol–water partition coefficient (Wildman–Crippen LogP) is 5.51. The van der Waals surface area contributed by atoms with Crippen molar-refractivity contribution in [3.05, 3.63) is 95.8 Å². The van der Waals surface area contributed by atoms with E-state index in [4.69, 9.17) is 5.73 Å². The first-order valence-corrected chi connectivity index (χ1v) is 8.86. The SMILES string of the molecule is Nc1ccccc1S[C@H](CC(=O)c1ccc(F)cc1)c1ccccc1. The van der Waals surface area contributed by atoms with Gasteiger partial charge in [0.1, 0.15) is 5.82 Å². The van der Waals surface area contributed by atoms with Gasteiger partial charge in [0, 0.05) is 27.8 Å². The Bertz CT molecular complexity index is 849. The number of Topliss-reactive ketones (excluding diaryl/α,β-unsaturated/α-hetero) is 1. The van der Waals surface area contributed by atoms with E-state index in [0.29, 0.717) is 17.7 Å². The maximum atomic E-state index is 13.1. The van der Waals surface area contributed by atoms with Crippen molar-refractivity contribution in [3.8, 4) is 0 Å². The highest BCUT2D eigenvalue weighted by Crippen LogP contribution is 2.40. The maximum absolute atomic E-state index is 13.1. The molecule has 0 aliphatic heterocycles. The van der Waals surface area contributed by atoms with Crippen LogP contribution >= 0.6 is 11.8 Å². The Labute approximate surface area is 150 Å². The minimum absolute atomic E-state index is 0.0177. The summed E-state index contributed by atoms with van der Waals surface area (Å²) in [7, 11) is 0. The molecule has 0 amide bonds. The number of ketones is 1. The highest BCUT2D eigenvalue weighted by atomic mass is 32.2. The Hall–Kier alpha value is -2.59. The van der Waals surface area contributed by atoms with E-state index in [-0.39, 0.29) is 16.9 Å². The van der Waals surface area contributed by atoms with Crippen LogP contribution in [0.3, 0.4) is 0 Å². The summed E-state index contributed by atoms with van der Waals surface area (Å²) in [6.07, 6.45) is 0.314. The average molecular weight is 351 g/mol. The van der Waals surface area contributed by atoms with Gasteiger partial charge in [0.25, 0.3) is 0 Å². The fourth-order valence-corrected chi connectivity index (χ4v) is 3.75. The summed E-state index contributed by atoms with van der Waals surface area (Å²) in [5.74, 6) is -0.363. The molecule has 3 rings (SSSR count).